The highest BCUT2D eigenvalue weighted by Crippen LogP contribution is 2.40. The van der Waals surface area contributed by atoms with Gasteiger partial charge in [0.05, 0.1) is 11.7 Å². The Balaban J connectivity index is 1.96. The lowest BCUT2D eigenvalue weighted by Gasteiger charge is -2.38. The highest BCUT2D eigenvalue weighted by molar-refractivity contribution is 6.14. The third kappa shape index (κ3) is 4.06. The van der Waals surface area contributed by atoms with Gasteiger partial charge in [-0.3, -0.25) is 14.6 Å². The molecule has 3 rings (SSSR count). The largest absolute Gasteiger partial charge is 0.273 e. The standard InChI is InChI=1S/C22H28N4O2/c1-4-5-6-7-8-9-14-21-24-20-15-23-19-13-11-10-12-18(19)22(20)26(17(3)28)25(21)16(2)27/h10-13,15H,4-9,14H2,1-3H3. The maximum Gasteiger partial charge on any atom is 0.244 e. The molecule has 1 aliphatic heterocycles. The summed E-state index contributed by atoms with van der Waals surface area (Å²) in [5.74, 6) is 0.178. The SMILES string of the molecule is CCCCCCCCC1=Nc2cnc3ccccc3c2N(C(C)=O)N1C(C)=O. The molecule has 148 valence electrons. The number of amidine groups is 1. The highest BCUT2D eigenvalue weighted by atomic mass is 16.2. The van der Waals surface area contributed by atoms with Crippen molar-refractivity contribution in [1.29, 1.82) is 0 Å². The molecule has 2 aromatic rings. The molecule has 0 unspecified atom stereocenters. The van der Waals surface area contributed by atoms with Crippen LogP contribution in [0.25, 0.3) is 10.9 Å². The van der Waals surface area contributed by atoms with Crippen LogP contribution in [0.3, 0.4) is 0 Å². The Kier molecular flexibility index (Phi) is 6.39. The van der Waals surface area contributed by atoms with E-state index in [0.717, 1.165) is 23.7 Å². The van der Waals surface area contributed by atoms with E-state index in [-0.39, 0.29) is 11.8 Å². The molecule has 0 atom stereocenters. The molecule has 6 heteroatoms. The molecule has 2 heterocycles. The monoisotopic (exact) mass is 380 g/mol. The van der Waals surface area contributed by atoms with Gasteiger partial charge in [0.1, 0.15) is 17.2 Å². The van der Waals surface area contributed by atoms with Crippen LogP contribution in [0, 0.1) is 0 Å². The lowest BCUT2D eigenvalue weighted by atomic mass is 10.1. The topological polar surface area (TPSA) is 65.9 Å². The van der Waals surface area contributed by atoms with E-state index in [4.69, 9.17) is 4.99 Å². The summed E-state index contributed by atoms with van der Waals surface area (Å²) in [4.78, 5) is 34.3. The summed E-state index contributed by atoms with van der Waals surface area (Å²) in [6, 6.07) is 7.60. The van der Waals surface area contributed by atoms with Crippen molar-refractivity contribution in [2.75, 3.05) is 5.01 Å². The molecule has 0 saturated carbocycles. The van der Waals surface area contributed by atoms with Crippen molar-refractivity contribution in [2.24, 2.45) is 4.99 Å². The van der Waals surface area contributed by atoms with Crippen LogP contribution < -0.4 is 5.01 Å². The molecule has 0 N–H and O–H groups in total. The van der Waals surface area contributed by atoms with E-state index >= 15 is 0 Å². The number of hydrazine groups is 1. The summed E-state index contributed by atoms with van der Waals surface area (Å²) >= 11 is 0. The fraction of sp³-hybridized carbons (Fsp3) is 0.455. The first-order valence-corrected chi connectivity index (χ1v) is 10.1. The second-order valence-electron chi connectivity index (χ2n) is 7.22. The predicted molar refractivity (Wildman–Crippen MR) is 113 cm³/mol. The van der Waals surface area contributed by atoms with Gasteiger partial charge >= 0.3 is 0 Å². The van der Waals surface area contributed by atoms with Gasteiger partial charge in [0.2, 0.25) is 11.8 Å². The second kappa shape index (κ2) is 8.95. The number of para-hydroxylation sites is 1. The molecular formula is C22H28N4O2. The minimum absolute atomic E-state index is 0.216. The molecule has 2 amide bonds. The third-order valence-corrected chi connectivity index (χ3v) is 4.98. The lowest BCUT2D eigenvalue weighted by molar-refractivity contribution is -0.130. The number of pyridine rings is 1. The van der Waals surface area contributed by atoms with Crippen molar-refractivity contribution >= 4 is 39.9 Å². The Morgan fingerprint density at radius 3 is 2.32 bits per heavy atom. The average Bonchev–Trinajstić information content (AvgIpc) is 2.68. The number of anilines is 1. The molecule has 0 radical (unpaired) electrons. The molecule has 1 aromatic heterocycles. The van der Waals surface area contributed by atoms with Crippen LogP contribution in [0.2, 0.25) is 0 Å². The van der Waals surface area contributed by atoms with E-state index in [1.54, 1.807) is 6.20 Å². The molecule has 6 nitrogen and oxygen atoms in total. The minimum Gasteiger partial charge on any atom is -0.273 e. The lowest BCUT2D eigenvalue weighted by Crippen LogP contribution is -2.53. The van der Waals surface area contributed by atoms with Gasteiger partial charge < -0.3 is 0 Å². The van der Waals surface area contributed by atoms with Gasteiger partial charge in [-0.2, -0.15) is 5.01 Å². The first-order valence-electron chi connectivity index (χ1n) is 10.1. The second-order valence-corrected chi connectivity index (χ2v) is 7.22. The fourth-order valence-electron chi connectivity index (χ4n) is 3.67. The Hall–Kier alpha value is -2.76. The van der Waals surface area contributed by atoms with E-state index in [0.29, 0.717) is 23.6 Å². The summed E-state index contributed by atoms with van der Waals surface area (Å²) in [6.07, 6.45) is 9.26. The zero-order valence-corrected chi connectivity index (χ0v) is 16.9. The Bertz CT molecular complexity index is 907. The summed E-state index contributed by atoms with van der Waals surface area (Å²) < 4.78 is 0. The van der Waals surface area contributed by atoms with Crippen LogP contribution in [-0.4, -0.2) is 27.6 Å². The highest BCUT2D eigenvalue weighted by Gasteiger charge is 2.34. The van der Waals surface area contributed by atoms with Gasteiger partial charge in [-0.1, -0.05) is 57.2 Å². The van der Waals surface area contributed by atoms with E-state index in [9.17, 15) is 9.59 Å². The molecule has 28 heavy (non-hydrogen) atoms. The van der Waals surface area contributed by atoms with Crippen molar-refractivity contribution < 1.29 is 9.59 Å². The maximum absolute atomic E-state index is 12.6. The molecule has 0 spiro atoms. The minimum atomic E-state index is -0.219. The van der Waals surface area contributed by atoms with Crippen LogP contribution in [0.5, 0.6) is 0 Å². The summed E-state index contributed by atoms with van der Waals surface area (Å²) in [5.41, 5.74) is 2.03. The van der Waals surface area contributed by atoms with E-state index in [2.05, 4.69) is 11.9 Å². The summed E-state index contributed by atoms with van der Waals surface area (Å²) in [6.45, 7) is 5.15. The number of hydrogen-bond acceptors (Lipinski definition) is 4. The zero-order valence-electron chi connectivity index (χ0n) is 16.9. The first-order chi connectivity index (χ1) is 13.5. The molecule has 0 aliphatic carbocycles. The number of hydrogen-bond donors (Lipinski definition) is 0. The van der Waals surface area contributed by atoms with Crippen molar-refractivity contribution in [3.05, 3.63) is 30.5 Å². The third-order valence-electron chi connectivity index (χ3n) is 4.98. The van der Waals surface area contributed by atoms with Crippen LogP contribution in [0.15, 0.2) is 35.5 Å². The van der Waals surface area contributed by atoms with Gasteiger partial charge in [-0.25, -0.2) is 10.0 Å². The maximum atomic E-state index is 12.6. The van der Waals surface area contributed by atoms with E-state index in [1.165, 1.54) is 49.5 Å². The fourth-order valence-corrected chi connectivity index (χ4v) is 3.67. The van der Waals surface area contributed by atoms with Crippen molar-refractivity contribution in [3.8, 4) is 0 Å². The van der Waals surface area contributed by atoms with Gasteiger partial charge in [-0.05, 0) is 12.5 Å². The molecule has 1 aromatic carbocycles. The number of benzene rings is 1. The number of carbonyl (C=O) groups excluding carboxylic acids is 2. The van der Waals surface area contributed by atoms with Crippen molar-refractivity contribution in [1.82, 2.24) is 9.99 Å². The first kappa shape index (κ1) is 20.0. The smallest absolute Gasteiger partial charge is 0.244 e. The average molecular weight is 380 g/mol. The van der Waals surface area contributed by atoms with Crippen LogP contribution in [0.1, 0.15) is 65.7 Å². The van der Waals surface area contributed by atoms with Crippen molar-refractivity contribution in [2.45, 2.75) is 65.7 Å². The Morgan fingerprint density at radius 1 is 0.929 bits per heavy atom. The molecule has 0 saturated heterocycles. The molecular weight excluding hydrogens is 352 g/mol. The van der Waals surface area contributed by atoms with Crippen LogP contribution >= 0.6 is 0 Å². The van der Waals surface area contributed by atoms with Gasteiger partial charge in [0.25, 0.3) is 0 Å². The number of rotatable bonds is 7. The molecule has 1 aliphatic rings. The normalized spacial score (nSPS) is 13.5. The number of fused-ring (bicyclic) bond motifs is 3. The van der Waals surface area contributed by atoms with Crippen LogP contribution in [-0.2, 0) is 9.59 Å². The molecule has 0 fully saturated rings. The zero-order chi connectivity index (χ0) is 20.1. The van der Waals surface area contributed by atoms with Gasteiger partial charge in [0.15, 0.2) is 0 Å². The quantitative estimate of drug-likeness (QED) is 0.624. The van der Waals surface area contributed by atoms with Gasteiger partial charge in [-0.15, -0.1) is 0 Å². The molecule has 0 bridgehead atoms. The number of carbonyl (C=O) groups is 2. The Labute approximate surface area is 166 Å². The van der Waals surface area contributed by atoms with E-state index < -0.39 is 0 Å². The summed E-state index contributed by atoms with van der Waals surface area (Å²) in [7, 11) is 0. The summed E-state index contributed by atoms with van der Waals surface area (Å²) in [5, 5.41) is 3.70. The van der Waals surface area contributed by atoms with E-state index in [1.807, 2.05) is 24.3 Å². The van der Waals surface area contributed by atoms with Gasteiger partial charge in [0, 0.05) is 25.7 Å². The number of aliphatic imine (C=N–C) groups is 1. The van der Waals surface area contributed by atoms with Crippen LogP contribution in [0.4, 0.5) is 11.4 Å². The number of aromatic nitrogens is 1. The number of unbranched alkanes of at least 4 members (excludes halogenated alkanes) is 5. The Morgan fingerprint density at radius 2 is 1.61 bits per heavy atom. The number of nitrogens with zero attached hydrogens (tertiary/aromatic N) is 4. The van der Waals surface area contributed by atoms with Crippen molar-refractivity contribution in [3.63, 3.8) is 0 Å². The predicted octanol–water partition coefficient (Wildman–Crippen LogP) is 5.15. The number of amides is 2.